The molecule has 4 N–H and O–H groups in total. The van der Waals surface area contributed by atoms with Crippen molar-refractivity contribution in [2.45, 2.75) is 83.1 Å². The van der Waals surface area contributed by atoms with E-state index in [2.05, 4.69) is 23.5 Å². The molecule has 0 bridgehead atoms. The highest BCUT2D eigenvalue weighted by Gasteiger charge is 2.11. The molecule has 4 rings (SSSR count). The van der Waals surface area contributed by atoms with Crippen LogP contribution in [0, 0.1) is 0 Å². The van der Waals surface area contributed by atoms with Crippen molar-refractivity contribution in [1.29, 1.82) is 0 Å². The van der Waals surface area contributed by atoms with Crippen LogP contribution in [0.25, 0.3) is 16.4 Å². The molecule has 3 aromatic heterocycles. The first-order valence-corrected chi connectivity index (χ1v) is 15.5. The van der Waals surface area contributed by atoms with Crippen molar-refractivity contribution in [1.82, 2.24) is 9.38 Å². The Bertz CT molecular complexity index is 1400. The molecule has 0 aliphatic rings. The topological polar surface area (TPSA) is 124 Å². The number of hydrogen-bond donors (Lipinski definition) is 4. The number of benzene rings is 1. The van der Waals surface area contributed by atoms with Crippen LogP contribution in [-0.2, 0) is 4.79 Å². The Morgan fingerprint density at radius 3 is 1.84 bits per heavy atom. The zero-order valence-electron chi connectivity index (χ0n) is 29.5. The van der Waals surface area contributed by atoms with Gasteiger partial charge in [-0.1, -0.05) is 88.5 Å². The highest BCUT2D eigenvalue weighted by molar-refractivity contribution is 6.06. The molecule has 1 aromatic carbocycles. The molecule has 0 radical (unpaired) electrons. The summed E-state index contributed by atoms with van der Waals surface area (Å²) < 4.78 is 1.83. The summed E-state index contributed by atoms with van der Waals surface area (Å²) in [7, 11) is 0. The van der Waals surface area contributed by atoms with Crippen LogP contribution >= 0.6 is 0 Å². The Kier molecular flexibility index (Phi) is 32.0. The Labute approximate surface area is 271 Å². The number of Topliss-reactive ketones (excluding diaryl/α,β-unsaturated/α-hetero) is 1. The maximum absolute atomic E-state index is 12.5. The number of aromatic nitrogens is 2. The second kappa shape index (κ2) is 30.6. The number of aldehydes is 1. The number of rotatable bonds is 5. The average molecular weight is 624 g/mol. The molecule has 0 aliphatic carbocycles. The van der Waals surface area contributed by atoms with Crippen LogP contribution in [-0.4, -0.2) is 37.6 Å². The quantitative estimate of drug-likeness (QED) is 0.0579. The number of nitrogens with one attached hydrogen (secondary N) is 2. The maximum Gasteiger partial charge on any atom is 0.272 e. The number of phenols is 1. The zero-order valence-corrected chi connectivity index (χ0v) is 29.5. The lowest BCUT2D eigenvalue weighted by Crippen LogP contribution is -2.12. The van der Waals surface area contributed by atoms with E-state index in [0.717, 1.165) is 16.4 Å². The van der Waals surface area contributed by atoms with E-state index in [1.165, 1.54) is 25.2 Å². The molecule has 0 saturated heterocycles. The molecule has 8 heteroatoms. The summed E-state index contributed by atoms with van der Waals surface area (Å²) in [6.07, 6.45) is 8.45. The monoisotopic (exact) mass is 623 g/mol. The largest absolute Gasteiger partial charge is 0.513 e. The first-order valence-electron chi connectivity index (χ1n) is 15.5. The zero-order chi connectivity index (χ0) is 36.0. The van der Waals surface area contributed by atoms with Crippen molar-refractivity contribution in [2.24, 2.45) is 0 Å². The summed E-state index contributed by atoms with van der Waals surface area (Å²) in [4.78, 5) is 36.0. The molecule has 0 saturated carbocycles. The summed E-state index contributed by atoms with van der Waals surface area (Å²) >= 11 is 0. The number of phenolic OH excluding ortho intramolecular Hbond substituents is 1. The van der Waals surface area contributed by atoms with Crippen molar-refractivity contribution in [2.75, 3.05) is 5.32 Å². The molecule has 0 atom stereocenters. The first-order chi connectivity index (χ1) is 21.7. The van der Waals surface area contributed by atoms with Crippen LogP contribution in [0.3, 0.4) is 0 Å². The molecule has 3 heterocycles. The third kappa shape index (κ3) is 19.1. The van der Waals surface area contributed by atoms with E-state index in [9.17, 15) is 14.7 Å². The number of amides is 1. The molecular weight excluding hydrogens is 566 g/mol. The third-order valence-electron chi connectivity index (χ3n) is 4.57. The van der Waals surface area contributed by atoms with Crippen LogP contribution in [0.15, 0.2) is 92.0 Å². The molecule has 8 nitrogen and oxygen atoms in total. The van der Waals surface area contributed by atoms with Crippen molar-refractivity contribution in [3.8, 4) is 5.75 Å². The number of ketones is 1. The SMILES string of the molecule is C=C/C=C(\C)O.C=CC=O.CC.CC.CC.CC.CC.CC(=O)c1cc2cc(NC(=O)c3cc4cc(O)ccc4[nH]3)ccn2c1. The van der Waals surface area contributed by atoms with E-state index in [1.807, 2.05) is 73.6 Å². The van der Waals surface area contributed by atoms with Crippen molar-refractivity contribution < 1.29 is 24.6 Å². The van der Waals surface area contributed by atoms with Gasteiger partial charge in [0.25, 0.3) is 5.91 Å². The second-order valence-corrected chi connectivity index (χ2v) is 7.36. The number of fused-ring (bicyclic) bond motifs is 2. The number of aromatic hydroxyl groups is 1. The van der Waals surface area contributed by atoms with E-state index in [4.69, 9.17) is 9.90 Å². The van der Waals surface area contributed by atoms with Gasteiger partial charge in [-0.25, -0.2) is 0 Å². The summed E-state index contributed by atoms with van der Waals surface area (Å²) in [6.45, 7) is 29.6. The number of H-pyrrole nitrogens is 1. The fourth-order valence-corrected chi connectivity index (χ4v) is 2.99. The Balaban J connectivity index is -0.000000352. The van der Waals surface area contributed by atoms with Gasteiger partial charge in [0.2, 0.25) is 0 Å². The molecule has 0 fully saturated rings. The van der Waals surface area contributed by atoms with Gasteiger partial charge in [-0.2, -0.15) is 0 Å². The lowest BCUT2D eigenvalue weighted by molar-refractivity contribution is -0.104. The molecule has 0 spiro atoms. The lowest BCUT2D eigenvalue weighted by atomic mass is 10.2. The van der Waals surface area contributed by atoms with Gasteiger partial charge in [-0.15, -0.1) is 0 Å². The average Bonchev–Trinajstić information content (AvgIpc) is 3.70. The minimum atomic E-state index is -0.279. The third-order valence-corrected chi connectivity index (χ3v) is 4.57. The predicted molar refractivity (Wildman–Crippen MR) is 195 cm³/mol. The van der Waals surface area contributed by atoms with Crippen molar-refractivity contribution >= 4 is 40.1 Å². The predicted octanol–water partition coefficient (Wildman–Crippen LogP) is 10.7. The number of carbonyl (C=O) groups excluding carboxylic acids is 3. The van der Waals surface area contributed by atoms with Gasteiger partial charge in [0.05, 0.1) is 5.76 Å². The van der Waals surface area contributed by atoms with Crippen LogP contribution in [0.2, 0.25) is 0 Å². The van der Waals surface area contributed by atoms with Gasteiger partial charge in [-0.3, -0.25) is 14.4 Å². The van der Waals surface area contributed by atoms with E-state index < -0.39 is 0 Å². The second-order valence-electron chi connectivity index (χ2n) is 7.36. The van der Waals surface area contributed by atoms with Gasteiger partial charge in [0, 0.05) is 40.1 Å². The van der Waals surface area contributed by atoms with E-state index in [1.54, 1.807) is 61.8 Å². The minimum absolute atomic E-state index is 0.00406. The van der Waals surface area contributed by atoms with Crippen LogP contribution < -0.4 is 5.32 Å². The van der Waals surface area contributed by atoms with Gasteiger partial charge in [-0.05, 0) is 68.5 Å². The molecule has 250 valence electrons. The number of hydrogen-bond acceptors (Lipinski definition) is 5. The van der Waals surface area contributed by atoms with Crippen LogP contribution in [0.1, 0.15) is 104 Å². The molecule has 45 heavy (non-hydrogen) atoms. The number of pyridine rings is 1. The standard InChI is InChI=1S/C19H15N3O3.C5H8O.C3H4O.5C2H6/c1-11(23)13-6-15-9-14(4-5-22(15)10-13)20-19(25)18-8-12-7-16(24)2-3-17(12)21-18;1-3-4-5(2)6;1-2-3-4;5*1-2/h2-10,21,24H,1H3,(H,20,25);3-4,6H,1H2,2H3;2-3H,1H2;5*1-2H3/b;5-4+;;;;;;. The molecule has 0 aliphatic heterocycles. The normalized spacial score (nSPS) is 8.76. The lowest BCUT2D eigenvalue weighted by Gasteiger charge is -2.04. The molecular formula is C37H57N3O5. The number of anilines is 1. The number of carbonyl (C=O) groups is 3. The summed E-state index contributed by atoms with van der Waals surface area (Å²) in [5.74, 6) is 0.164. The molecule has 1 amide bonds. The number of allylic oxidation sites excluding steroid dienone is 4. The Hall–Kier alpha value is -4.85. The number of aromatic amines is 1. The number of nitrogens with zero attached hydrogens (tertiary/aromatic N) is 1. The highest BCUT2D eigenvalue weighted by atomic mass is 16.3. The Morgan fingerprint density at radius 1 is 0.844 bits per heavy atom. The smallest absolute Gasteiger partial charge is 0.272 e. The van der Waals surface area contributed by atoms with Crippen molar-refractivity contribution in [3.05, 3.63) is 103 Å². The number of aliphatic hydroxyl groups is 1. The Morgan fingerprint density at radius 2 is 1.40 bits per heavy atom. The summed E-state index contributed by atoms with van der Waals surface area (Å²) in [6, 6.07) is 11.9. The van der Waals surface area contributed by atoms with Gasteiger partial charge < -0.3 is 24.9 Å². The highest BCUT2D eigenvalue weighted by Crippen LogP contribution is 2.22. The van der Waals surface area contributed by atoms with E-state index in [0.29, 0.717) is 29.0 Å². The number of aliphatic hydroxyl groups excluding tert-OH is 1. The van der Waals surface area contributed by atoms with Gasteiger partial charge >= 0.3 is 0 Å². The van der Waals surface area contributed by atoms with E-state index >= 15 is 0 Å². The van der Waals surface area contributed by atoms with Crippen LogP contribution in [0.4, 0.5) is 5.69 Å². The molecule has 0 unspecified atom stereocenters. The van der Waals surface area contributed by atoms with E-state index in [-0.39, 0.29) is 17.4 Å². The van der Waals surface area contributed by atoms with Gasteiger partial charge in [0.15, 0.2) is 5.78 Å². The fourth-order valence-electron chi connectivity index (χ4n) is 2.99. The minimum Gasteiger partial charge on any atom is -0.513 e. The summed E-state index contributed by atoms with van der Waals surface area (Å²) in [5.41, 5.74) is 3.26. The van der Waals surface area contributed by atoms with Crippen molar-refractivity contribution in [3.63, 3.8) is 0 Å². The fraction of sp³-hybridized carbons (Fsp3) is 0.324. The van der Waals surface area contributed by atoms with Crippen LogP contribution in [0.5, 0.6) is 5.75 Å². The molecule has 4 aromatic rings. The van der Waals surface area contributed by atoms with Gasteiger partial charge in [0.1, 0.15) is 17.7 Å². The maximum atomic E-state index is 12.5. The first kappa shape index (κ1) is 47.1. The summed E-state index contributed by atoms with van der Waals surface area (Å²) in [5, 5.41) is 21.5.